The van der Waals surface area contributed by atoms with E-state index in [-0.39, 0.29) is 0 Å². The monoisotopic (exact) mass is 330 g/mol. The Balaban J connectivity index is 2.80. The zero-order valence-electron chi connectivity index (χ0n) is 14.9. The van der Waals surface area contributed by atoms with Crippen LogP contribution in [0.1, 0.15) is 47.2 Å². The summed E-state index contributed by atoms with van der Waals surface area (Å²) in [5.41, 5.74) is 6.30. The van der Waals surface area contributed by atoms with Gasteiger partial charge in [0.25, 0.3) is 0 Å². The summed E-state index contributed by atoms with van der Waals surface area (Å²) >= 11 is 0. The molecule has 0 unspecified atom stereocenters. The first-order chi connectivity index (χ1) is 10.8. The normalized spacial score (nSPS) is 11.7. The van der Waals surface area contributed by atoms with Gasteiger partial charge in [0, 0.05) is 0 Å². The fourth-order valence-corrected chi connectivity index (χ4v) is 5.17. The predicted octanol–water partition coefficient (Wildman–Crippen LogP) is 4.88. The molecule has 23 heavy (non-hydrogen) atoms. The molecule has 0 fully saturated rings. The first kappa shape index (κ1) is 17.7. The van der Waals surface area contributed by atoms with Crippen LogP contribution < -0.4 is 0 Å². The Kier molecular flexibility index (Phi) is 5.00. The van der Waals surface area contributed by atoms with Crippen molar-refractivity contribution in [3.8, 4) is 0 Å². The van der Waals surface area contributed by atoms with E-state index in [1.54, 1.807) is 12.1 Å². The molecular weight excluding hydrogens is 304 g/mol. The minimum Gasteiger partial charge on any atom is -0.218 e. The highest BCUT2D eigenvalue weighted by Gasteiger charge is 2.25. The van der Waals surface area contributed by atoms with Crippen molar-refractivity contribution in [2.24, 2.45) is 0 Å². The third kappa shape index (κ3) is 2.94. The second kappa shape index (κ2) is 6.48. The summed E-state index contributed by atoms with van der Waals surface area (Å²) in [5, 5.41) is 0. The lowest BCUT2D eigenvalue weighted by atomic mass is 10.0. The molecule has 0 amide bonds. The summed E-state index contributed by atoms with van der Waals surface area (Å²) in [6.45, 7) is 12.1. The van der Waals surface area contributed by atoms with Gasteiger partial charge in [-0.3, -0.25) is 0 Å². The van der Waals surface area contributed by atoms with Crippen LogP contribution in [0.3, 0.4) is 0 Å². The Labute approximate surface area is 140 Å². The van der Waals surface area contributed by atoms with E-state index in [1.807, 2.05) is 53.7 Å². The van der Waals surface area contributed by atoms with Gasteiger partial charge in [0.1, 0.15) is 0 Å². The minimum absolute atomic E-state index is 0.459. The molecule has 0 saturated carbocycles. The van der Waals surface area contributed by atoms with Crippen molar-refractivity contribution in [3.63, 3.8) is 0 Å². The molecule has 0 radical (unpaired) electrons. The van der Waals surface area contributed by atoms with Gasteiger partial charge in [-0.15, -0.1) is 0 Å². The molecular formula is C20H26O2S. The molecule has 0 aromatic heterocycles. The zero-order chi connectivity index (χ0) is 17.4. The molecule has 2 nitrogen and oxygen atoms in total. The van der Waals surface area contributed by atoms with E-state index >= 15 is 0 Å². The molecule has 0 aliphatic carbocycles. The zero-order valence-corrected chi connectivity index (χ0v) is 15.8. The standard InChI is InChI=1S/C20H26O2S/c1-7-17-15(5)13(3)9-11-19(17)23(21,22)20-12-10-14(4)16(6)18(20)8-2/h9-12H,7-8H2,1-6H3. The fraction of sp³-hybridized carbons (Fsp3) is 0.400. The Morgan fingerprint density at radius 1 is 0.696 bits per heavy atom. The molecule has 2 rings (SSSR count). The molecule has 0 atom stereocenters. The number of benzene rings is 2. The summed E-state index contributed by atoms with van der Waals surface area (Å²) in [5.74, 6) is 0. The van der Waals surface area contributed by atoms with Crippen molar-refractivity contribution in [1.82, 2.24) is 0 Å². The van der Waals surface area contributed by atoms with Crippen molar-refractivity contribution in [2.45, 2.75) is 64.2 Å². The van der Waals surface area contributed by atoms with Gasteiger partial charge >= 0.3 is 0 Å². The molecule has 2 aromatic rings. The Hall–Kier alpha value is -1.61. The van der Waals surface area contributed by atoms with Crippen LogP contribution in [0.5, 0.6) is 0 Å². The summed E-state index contributed by atoms with van der Waals surface area (Å²) in [6, 6.07) is 7.36. The lowest BCUT2D eigenvalue weighted by molar-refractivity contribution is 0.593. The number of hydrogen-bond acceptors (Lipinski definition) is 2. The number of hydrogen-bond donors (Lipinski definition) is 0. The van der Waals surface area contributed by atoms with Crippen molar-refractivity contribution >= 4 is 9.84 Å². The predicted molar refractivity (Wildman–Crippen MR) is 96.0 cm³/mol. The summed E-state index contributed by atoms with van der Waals surface area (Å²) in [4.78, 5) is 0.919. The highest BCUT2D eigenvalue weighted by molar-refractivity contribution is 7.91. The van der Waals surface area contributed by atoms with Crippen molar-refractivity contribution < 1.29 is 8.42 Å². The van der Waals surface area contributed by atoms with Crippen LogP contribution in [-0.2, 0) is 22.7 Å². The number of rotatable bonds is 4. The van der Waals surface area contributed by atoms with Gasteiger partial charge < -0.3 is 0 Å². The topological polar surface area (TPSA) is 34.1 Å². The van der Waals surface area contributed by atoms with Crippen LogP contribution >= 0.6 is 0 Å². The van der Waals surface area contributed by atoms with Crippen LogP contribution in [0.2, 0.25) is 0 Å². The van der Waals surface area contributed by atoms with Crippen LogP contribution in [0.4, 0.5) is 0 Å². The van der Waals surface area contributed by atoms with E-state index < -0.39 is 9.84 Å². The third-order valence-electron chi connectivity index (χ3n) is 4.94. The summed E-state index contributed by atoms with van der Waals surface area (Å²) in [6.07, 6.45) is 1.43. The largest absolute Gasteiger partial charge is 0.218 e. The quantitative estimate of drug-likeness (QED) is 0.801. The minimum atomic E-state index is -3.50. The summed E-state index contributed by atoms with van der Waals surface area (Å²) in [7, 11) is -3.50. The lowest BCUT2D eigenvalue weighted by Gasteiger charge is -2.18. The number of sulfone groups is 1. The molecule has 3 heteroatoms. The Bertz CT molecular complexity index is 781. The van der Waals surface area contributed by atoms with E-state index in [9.17, 15) is 8.42 Å². The van der Waals surface area contributed by atoms with Crippen molar-refractivity contribution in [2.75, 3.05) is 0 Å². The highest BCUT2D eigenvalue weighted by atomic mass is 32.2. The smallest absolute Gasteiger partial charge is 0.207 e. The van der Waals surface area contributed by atoms with Gasteiger partial charge in [-0.2, -0.15) is 0 Å². The lowest BCUT2D eigenvalue weighted by Crippen LogP contribution is -2.11. The Morgan fingerprint density at radius 2 is 1.04 bits per heavy atom. The first-order valence-corrected chi connectivity index (χ1v) is 9.67. The van der Waals surface area contributed by atoms with E-state index in [1.165, 1.54) is 0 Å². The molecule has 124 valence electrons. The van der Waals surface area contributed by atoms with Crippen LogP contribution in [-0.4, -0.2) is 8.42 Å². The maximum Gasteiger partial charge on any atom is 0.207 e. The maximum absolute atomic E-state index is 13.3. The molecule has 0 N–H and O–H groups in total. The van der Waals surface area contributed by atoms with E-state index in [0.29, 0.717) is 22.6 Å². The highest BCUT2D eigenvalue weighted by Crippen LogP contribution is 2.32. The molecule has 0 bridgehead atoms. The molecule has 0 spiro atoms. The molecule has 0 heterocycles. The SMILES string of the molecule is CCc1c(S(=O)(=O)c2ccc(C)c(C)c2CC)ccc(C)c1C. The van der Waals surface area contributed by atoms with Gasteiger partial charge in [0.2, 0.25) is 9.84 Å². The van der Waals surface area contributed by atoms with Crippen molar-refractivity contribution in [3.05, 3.63) is 57.6 Å². The molecule has 0 saturated heterocycles. The van der Waals surface area contributed by atoms with Crippen LogP contribution in [0, 0.1) is 27.7 Å². The number of aryl methyl sites for hydroxylation is 2. The maximum atomic E-state index is 13.3. The van der Waals surface area contributed by atoms with Crippen LogP contribution in [0.25, 0.3) is 0 Å². The average molecular weight is 330 g/mol. The summed E-state index contributed by atoms with van der Waals surface area (Å²) < 4.78 is 26.6. The van der Waals surface area contributed by atoms with Gasteiger partial charge in [0.05, 0.1) is 9.79 Å². The molecule has 0 aliphatic rings. The van der Waals surface area contributed by atoms with Crippen molar-refractivity contribution in [1.29, 1.82) is 0 Å². The molecule has 2 aromatic carbocycles. The van der Waals surface area contributed by atoms with Gasteiger partial charge in [-0.05, 0) is 86.1 Å². The van der Waals surface area contributed by atoms with Gasteiger partial charge in [-0.1, -0.05) is 26.0 Å². The molecule has 0 aliphatic heterocycles. The average Bonchev–Trinajstić information content (AvgIpc) is 2.51. The van der Waals surface area contributed by atoms with E-state index in [2.05, 4.69) is 0 Å². The Morgan fingerprint density at radius 3 is 1.35 bits per heavy atom. The first-order valence-electron chi connectivity index (χ1n) is 8.18. The van der Waals surface area contributed by atoms with Gasteiger partial charge in [-0.25, -0.2) is 8.42 Å². The van der Waals surface area contributed by atoms with Gasteiger partial charge in [0.15, 0.2) is 0 Å². The van der Waals surface area contributed by atoms with E-state index in [0.717, 1.165) is 33.4 Å². The van der Waals surface area contributed by atoms with Crippen LogP contribution in [0.15, 0.2) is 34.1 Å². The second-order valence-corrected chi connectivity index (χ2v) is 8.07. The third-order valence-corrected chi connectivity index (χ3v) is 6.86. The van der Waals surface area contributed by atoms with E-state index in [4.69, 9.17) is 0 Å². The fourth-order valence-electron chi connectivity index (χ4n) is 3.20. The second-order valence-electron chi connectivity index (χ2n) is 6.18.